The van der Waals surface area contributed by atoms with Gasteiger partial charge in [-0.2, -0.15) is 0 Å². The molecule has 0 atom stereocenters. The summed E-state index contributed by atoms with van der Waals surface area (Å²) in [6.45, 7) is 4.66. The minimum Gasteiger partial charge on any atom is -0.357 e. The van der Waals surface area contributed by atoms with E-state index in [4.69, 9.17) is 0 Å². The van der Waals surface area contributed by atoms with E-state index in [2.05, 4.69) is 21.3 Å². The van der Waals surface area contributed by atoms with Gasteiger partial charge in [0.05, 0.1) is 4.88 Å². The first-order chi connectivity index (χ1) is 10.2. The molecule has 2 aromatic rings. The molecule has 1 fully saturated rings. The number of nitrogens with zero attached hydrogens (tertiary/aromatic N) is 2. The molecular formula is C16H19N3OS. The summed E-state index contributed by atoms with van der Waals surface area (Å²) in [6, 6.07) is 6.01. The average Bonchev–Trinajstić information content (AvgIpc) is 3.16. The molecule has 2 aromatic heterocycles. The third-order valence-corrected chi connectivity index (χ3v) is 4.78. The highest BCUT2D eigenvalue weighted by Gasteiger charge is 2.14. The molecule has 5 heteroatoms. The van der Waals surface area contributed by atoms with Gasteiger partial charge in [0.25, 0.3) is 5.91 Å². The lowest BCUT2D eigenvalue weighted by molar-refractivity contribution is 0.0954. The Balaban J connectivity index is 1.64. The first-order valence-electron chi connectivity index (χ1n) is 7.26. The number of thiophene rings is 1. The van der Waals surface area contributed by atoms with Crippen LogP contribution in [0.4, 0.5) is 5.82 Å². The van der Waals surface area contributed by atoms with Crippen molar-refractivity contribution >= 4 is 23.1 Å². The molecule has 110 valence electrons. The van der Waals surface area contributed by atoms with E-state index in [-0.39, 0.29) is 5.91 Å². The van der Waals surface area contributed by atoms with Gasteiger partial charge >= 0.3 is 0 Å². The Morgan fingerprint density at radius 2 is 2.19 bits per heavy atom. The number of aryl methyl sites for hydroxylation is 1. The molecule has 1 N–H and O–H groups in total. The number of amides is 1. The second kappa shape index (κ2) is 6.26. The zero-order chi connectivity index (χ0) is 14.7. The van der Waals surface area contributed by atoms with Crippen LogP contribution in [-0.4, -0.2) is 24.0 Å². The van der Waals surface area contributed by atoms with E-state index < -0.39 is 0 Å². The van der Waals surface area contributed by atoms with Crippen LogP contribution in [0.3, 0.4) is 0 Å². The zero-order valence-electron chi connectivity index (χ0n) is 12.1. The molecule has 1 aliphatic rings. The summed E-state index contributed by atoms with van der Waals surface area (Å²) >= 11 is 1.48. The Bertz CT molecular complexity index is 632. The van der Waals surface area contributed by atoms with Crippen molar-refractivity contribution in [1.82, 2.24) is 10.3 Å². The predicted molar refractivity (Wildman–Crippen MR) is 85.9 cm³/mol. The maximum Gasteiger partial charge on any atom is 0.261 e. The first-order valence-corrected chi connectivity index (χ1v) is 8.14. The molecule has 3 rings (SSSR count). The molecular weight excluding hydrogens is 282 g/mol. The van der Waals surface area contributed by atoms with Crippen LogP contribution in [0, 0.1) is 6.92 Å². The molecule has 0 radical (unpaired) electrons. The van der Waals surface area contributed by atoms with Gasteiger partial charge in [-0.05, 0) is 54.5 Å². The minimum atomic E-state index is 0.00188. The number of anilines is 1. The van der Waals surface area contributed by atoms with Crippen LogP contribution in [0.5, 0.6) is 0 Å². The predicted octanol–water partition coefficient (Wildman–Crippen LogP) is 2.98. The quantitative estimate of drug-likeness (QED) is 0.944. The van der Waals surface area contributed by atoms with Gasteiger partial charge < -0.3 is 10.2 Å². The molecule has 0 aromatic carbocycles. The van der Waals surface area contributed by atoms with Crippen LogP contribution >= 0.6 is 11.3 Å². The smallest absolute Gasteiger partial charge is 0.261 e. The Labute approximate surface area is 128 Å². The van der Waals surface area contributed by atoms with Crippen molar-refractivity contribution in [2.45, 2.75) is 26.3 Å². The SMILES string of the molecule is Cc1ccsc1C(=O)NCc1ccnc(N2CCCC2)c1. The average molecular weight is 301 g/mol. The molecule has 1 saturated heterocycles. The lowest BCUT2D eigenvalue weighted by Gasteiger charge is -2.17. The molecule has 3 heterocycles. The van der Waals surface area contributed by atoms with E-state index in [0.29, 0.717) is 6.54 Å². The van der Waals surface area contributed by atoms with Gasteiger partial charge in [0.2, 0.25) is 0 Å². The highest BCUT2D eigenvalue weighted by molar-refractivity contribution is 7.12. The fourth-order valence-electron chi connectivity index (χ4n) is 2.56. The summed E-state index contributed by atoms with van der Waals surface area (Å²) in [7, 11) is 0. The van der Waals surface area contributed by atoms with Crippen molar-refractivity contribution in [3.63, 3.8) is 0 Å². The molecule has 0 spiro atoms. The van der Waals surface area contributed by atoms with Gasteiger partial charge in [-0.3, -0.25) is 4.79 Å². The van der Waals surface area contributed by atoms with Crippen molar-refractivity contribution in [3.05, 3.63) is 45.8 Å². The van der Waals surface area contributed by atoms with Gasteiger partial charge in [0.15, 0.2) is 0 Å². The molecule has 21 heavy (non-hydrogen) atoms. The molecule has 4 nitrogen and oxygen atoms in total. The second-order valence-electron chi connectivity index (χ2n) is 5.33. The number of hydrogen-bond donors (Lipinski definition) is 1. The summed E-state index contributed by atoms with van der Waals surface area (Å²) in [5, 5.41) is 4.93. The lowest BCUT2D eigenvalue weighted by Crippen LogP contribution is -2.23. The van der Waals surface area contributed by atoms with Crippen LogP contribution in [0.2, 0.25) is 0 Å². The Morgan fingerprint density at radius 1 is 1.38 bits per heavy atom. The van der Waals surface area contributed by atoms with Crippen molar-refractivity contribution in [3.8, 4) is 0 Å². The minimum absolute atomic E-state index is 0.00188. The fourth-order valence-corrected chi connectivity index (χ4v) is 3.40. The number of carbonyl (C=O) groups is 1. The largest absolute Gasteiger partial charge is 0.357 e. The fraction of sp³-hybridized carbons (Fsp3) is 0.375. The summed E-state index contributed by atoms with van der Waals surface area (Å²) in [5.74, 6) is 1.02. The number of pyridine rings is 1. The molecule has 0 bridgehead atoms. The van der Waals surface area contributed by atoms with Crippen LogP contribution in [-0.2, 0) is 6.54 Å². The van der Waals surface area contributed by atoms with Gasteiger partial charge in [-0.15, -0.1) is 11.3 Å². The molecule has 1 amide bonds. The molecule has 1 aliphatic heterocycles. The number of carbonyl (C=O) groups excluding carboxylic acids is 1. The number of rotatable bonds is 4. The zero-order valence-corrected chi connectivity index (χ0v) is 12.9. The van der Waals surface area contributed by atoms with E-state index >= 15 is 0 Å². The number of aromatic nitrogens is 1. The Hall–Kier alpha value is -1.88. The maximum absolute atomic E-state index is 12.1. The summed E-state index contributed by atoms with van der Waals surface area (Å²) < 4.78 is 0. The monoisotopic (exact) mass is 301 g/mol. The van der Waals surface area contributed by atoms with Gasteiger partial charge in [-0.1, -0.05) is 0 Å². The van der Waals surface area contributed by atoms with E-state index in [9.17, 15) is 4.79 Å². The van der Waals surface area contributed by atoms with Crippen LogP contribution in [0.1, 0.15) is 33.6 Å². The summed E-state index contributed by atoms with van der Waals surface area (Å²) in [4.78, 5) is 19.6. The highest BCUT2D eigenvalue weighted by atomic mass is 32.1. The van der Waals surface area contributed by atoms with Crippen LogP contribution < -0.4 is 10.2 Å². The van der Waals surface area contributed by atoms with Crippen molar-refractivity contribution in [2.24, 2.45) is 0 Å². The summed E-state index contributed by atoms with van der Waals surface area (Å²) in [5.41, 5.74) is 2.12. The van der Waals surface area contributed by atoms with E-state index in [1.807, 2.05) is 30.6 Å². The topological polar surface area (TPSA) is 45.2 Å². The lowest BCUT2D eigenvalue weighted by atomic mass is 10.2. The molecule has 0 saturated carbocycles. The van der Waals surface area contributed by atoms with E-state index in [1.54, 1.807) is 0 Å². The van der Waals surface area contributed by atoms with E-state index in [1.165, 1.54) is 24.2 Å². The number of hydrogen-bond acceptors (Lipinski definition) is 4. The first kappa shape index (κ1) is 14.1. The standard InChI is InChI=1S/C16H19N3OS/c1-12-5-9-21-15(12)16(20)18-11-13-4-6-17-14(10-13)19-7-2-3-8-19/h4-6,9-10H,2-3,7-8,11H2,1H3,(H,18,20). The molecule has 0 unspecified atom stereocenters. The van der Waals surface area contributed by atoms with Gasteiger partial charge in [0, 0.05) is 25.8 Å². The summed E-state index contributed by atoms with van der Waals surface area (Å²) in [6.07, 6.45) is 4.30. The third kappa shape index (κ3) is 3.24. The van der Waals surface area contributed by atoms with Crippen molar-refractivity contribution < 1.29 is 4.79 Å². The van der Waals surface area contributed by atoms with Crippen molar-refractivity contribution in [1.29, 1.82) is 0 Å². The normalized spacial score (nSPS) is 14.4. The third-order valence-electron chi connectivity index (χ3n) is 3.76. The highest BCUT2D eigenvalue weighted by Crippen LogP contribution is 2.19. The maximum atomic E-state index is 12.1. The Kier molecular flexibility index (Phi) is 4.20. The Morgan fingerprint density at radius 3 is 2.90 bits per heavy atom. The van der Waals surface area contributed by atoms with Crippen LogP contribution in [0.25, 0.3) is 0 Å². The second-order valence-corrected chi connectivity index (χ2v) is 6.25. The number of nitrogens with one attached hydrogen (secondary N) is 1. The van der Waals surface area contributed by atoms with Gasteiger partial charge in [-0.25, -0.2) is 4.98 Å². The van der Waals surface area contributed by atoms with Crippen molar-refractivity contribution in [2.75, 3.05) is 18.0 Å². The van der Waals surface area contributed by atoms with Gasteiger partial charge in [0.1, 0.15) is 5.82 Å². The molecule has 0 aliphatic carbocycles. The van der Waals surface area contributed by atoms with Crippen LogP contribution in [0.15, 0.2) is 29.8 Å². The van der Waals surface area contributed by atoms with E-state index in [0.717, 1.165) is 34.9 Å².